The van der Waals surface area contributed by atoms with Crippen LogP contribution in [-0.2, 0) is 22.3 Å². The number of aryl methyl sites for hydroxylation is 1. The number of halogens is 3. The van der Waals surface area contributed by atoms with Crippen LogP contribution in [0.2, 0.25) is 0 Å². The van der Waals surface area contributed by atoms with Crippen molar-refractivity contribution in [2.45, 2.75) is 46.0 Å². The van der Waals surface area contributed by atoms with Gasteiger partial charge in [-0.25, -0.2) is 9.78 Å². The number of rotatable bonds is 9. The number of alkyl halides is 3. The predicted octanol–water partition coefficient (Wildman–Crippen LogP) is 5.80. The quantitative estimate of drug-likeness (QED) is 0.348. The van der Waals surface area contributed by atoms with Gasteiger partial charge in [0.2, 0.25) is 0 Å². The van der Waals surface area contributed by atoms with Gasteiger partial charge in [0.05, 0.1) is 25.0 Å². The summed E-state index contributed by atoms with van der Waals surface area (Å²) in [5.74, 6) is -0.155. The van der Waals surface area contributed by atoms with E-state index >= 15 is 0 Å². The molecule has 0 bridgehead atoms. The Balaban J connectivity index is 1.69. The summed E-state index contributed by atoms with van der Waals surface area (Å²) >= 11 is 1.10. The van der Waals surface area contributed by atoms with Crippen molar-refractivity contribution in [2.24, 2.45) is 0 Å². The average Bonchev–Trinajstić information content (AvgIpc) is 3.24. The standard InChI is InChI=1S/C26H27F3N2O5S/c1-6-35-24(33)25(3,4)36-19-12-7-16(13-20(19)34-5)14-30-22(32)21-15(2)31-23(37-21)17-8-10-18(11-9-17)26(27,28)29/h7-13H,6,14H2,1-5H3,(H,30,32). The first kappa shape index (κ1) is 28.0. The summed E-state index contributed by atoms with van der Waals surface area (Å²) in [6.07, 6.45) is -4.42. The molecular weight excluding hydrogens is 509 g/mol. The molecule has 0 aliphatic carbocycles. The zero-order valence-corrected chi connectivity index (χ0v) is 21.8. The SMILES string of the molecule is CCOC(=O)C(C)(C)Oc1ccc(CNC(=O)c2sc(-c3ccc(C(F)(F)F)cc3)nc2C)cc1OC. The van der Waals surface area contributed by atoms with E-state index in [0.717, 1.165) is 29.0 Å². The molecule has 3 aromatic rings. The monoisotopic (exact) mass is 536 g/mol. The van der Waals surface area contributed by atoms with Gasteiger partial charge in [-0.15, -0.1) is 11.3 Å². The van der Waals surface area contributed by atoms with Crippen LogP contribution in [0, 0.1) is 6.92 Å². The van der Waals surface area contributed by atoms with Crippen LogP contribution in [0.1, 0.15) is 47.3 Å². The highest BCUT2D eigenvalue weighted by Crippen LogP contribution is 2.34. The van der Waals surface area contributed by atoms with Crippen molar-refractivity contribution in [1.82, 2.24) is 10.3 Å². The van der Waals surface area contributed by atoms with Crippen molar-refractivity contribution in [3.8, 4) is 22.1 Å². The molecule has 2 aromatic carbocycles. The molecule has 0 radical (unpaired) electrons. The Hall–Kier alpha value is -3.60. The summed E-state index contributed by atoms with van der Waals surface area (Å²) in [5.41, 5.74) is -0.297. The number of esters is 1. The van der Waals surface area contributed by atoms with E-state index in [1.807, 2.05) is 0 Å². The van der Waals surface area contributed by atoms with Crippen LogP contribution in [0.25, 0.3) is 10.6 Å². The van der Waals surface area contributed by atoms with Gasteiger partial charge in [0.25, 0.3) is 5.91 Å². The zero-order valence-electron chi connectivity index (χ0n) is 21.0. The number of hydrogen-bond donors (Lipinski definition) is 1. The van der Waals surface area contributed by atoms with Crippen LogP contribution >= 0.6 is 11.3 Å². The molecule has 0 saturated heterocycles. The molecule has 37 heavy (non-hydrogen) atoms. The van der Waals surface area contributed by atoms with Gasteiger partial charge in [0.15, 0.2) is 17.1 Å². The summed E-state index contributed by atoms with van der Waals surface area (Å²) in [4.78, 5) is 29.7. The van der Waals surface area contributed by atoms with Crippen LogP contribution < -0.4 is 14.8 Å². The molecule has 0 atom stereocenters. The van der Waals surface area contributed by atoms with E-state index in [9.17, 15) is 22.8 Å². The van der Waals surface area contributed by atoms with E-state index in [1.165, 1.54) is 19.2 Å². The molecule has 0 spiro atoms. The van der Waals surface area contributed by atoms with Crippen LogP contribution in [0.3, 0.4) is 0 Å². The number of nitrogens with one attached hydrogen (secondary N) is 1. The Morgan fingerprint density at radius 3 is 2.32 bits per heavy atom. The van der Waals surface area contributed by atoms with E-state index in [2.05, 4.69) is 10.3 Å². The van der Waals surface area contributed by atoms with Gasteiger partial charge in [-0.3, -0.25) is 4.79 Å². The number of hydrogen-bond acceptors (Lipinski definition) is 7. The number of carbonyl (C=O) groups is 2. The Morgan fingerprint density at radius 2 is 1.73 bits per heavy atom. The van der Waals surface area contributed by atoms with Gasteiger partial charge >= 0.3 is 12.1 Å². The summed E-state index contributed by atoms with van der Waals surface area (Å²) in [6.45, 7) is 6.96. The van der Waals surface area contributed by atoms with Gasteiger partial charge in [-0.05, 0) is 57.5 Å². The fourth-order valence-electron chi connectivity index (χ4n) is 3.32. The summed E-state index contributed by atoms with van der Waals surface area (Å²) in [5, 5.41) is 3.26. The van der Waals surface area contributed by atoms with Crippen molar-refractivity contribution in [3.63, 3.8) is 0 Å². The third-order valence-electron chi connectivity index (χ3n) is 5.28. The van der Waals surface area contributed by atoms with E-state index in [1.54, 1.807) is 45.9 Å². The molecule has 11 heteroatoms. The van der Waals surface area contributed by atoms with E-state index < -0.39 is 23.3 Å². The Morgan fingerprint density at radius 1 is 1.05 bits per heavy atom. The zero-order chi connectivity index (χ0) is 27.4. The maximum atomic E-state index is 12.8. The van der Waals surface area contributed by atoms with Gasteiger partial charge in [-0.2, -0.15) is 13.2 Å². The molecule has 0 aliphatic rings. The lowest BCUT2D eigenvalue weighted by Gasteiger charge is -2.25. The summed E-state index contributed by atoms with van der Waals surface area (Å²) < 4.78 is 54.7. The normalized spacial score (nSPS) is 11.7. The molecule has 3 rings (SSSR count). The molecule has 1 aromatic heterocycles. The van der Waals surface area contributed by atoms with E-state index in [0.29, 0.717) is 32.6 Å². The van der Waals surface area contributed by atoms with Crippen molar-refractivity contribution < 1.29 is 37.0 Å². The number of thiazole rings is 1. The Kier molecular flexibility index (Phi) is 8.47. The number of aromatic nitrogens is 1. The maximum Gasteiger partial charge on any atom is 0.416 e. The van der Waals surface area contributed by atoms with E-state index in [4.69, 9.17) is 14.2 Å². The molecule has 1 N–H and O–H groups in total. The van der Waals surface area contributed by atoms with Crippen LogP contribution in [0.15, 0.2) is 42.5 Å². The third kappa shape index (κ3) is 6.79. The van der Waals surface area contributed by atoms with E-state index in [-0.39, 0.29) is 19.1 Å². The third-order valence-corrected chi connectivity index (χ3v) is 6.48. The molecular formula is C26H27F3N2O5S. The lowest BCUT2D eigenvalue weighted by Crippen LogP contribution is -2.39. The first-order valence-electron chi connectivity index (χ1n) is 11.3. The molecule has 1 amide bonds. The van der Waals surface area contributed by atoms with Gasteiger partial charge < -0.3 is 19.5 Å². The highest BCUT2D eigenvalue weighted by Gasteiger charge is 2.33. The minimum atomic E-state index is -4.42. The predicted molar refractivity (Wildman–Crippen MR) is 133 cm³/mol. The molecule has 0 unspecified atom stereocenters. The Labute approximate surface area is 216 Å². The maximum absolute atomic E-state index is 12.8. The number of ether oxygens (including phenoxy) is 3. The molecule has 198 valence electrons. The van der Waals surface area contributed by atoms with Crippen LogP contribution in [0.5, 0.6) is 11.5 Å². The lowest BCUT2D eigenvalue weighted by molar-refractivity contribution is -0.158. The molecule has 0 fully saturated rings. The fraction of sp³-hybridized carbons (Fsp3) is 0.346. The molecule has 0 aliphatic heterocycles. The van der Waals surface area contributed by atoms with Gasteiger partial charge in [0.1, 0.15) is 9.88 Å². The number of nitrogens with zero attached hydrogens (tertiary/aromatic N) is 1. The number of methoxy groups -OCH3 is 1. The minimum absolute atomic E-state index is 0.170. The summed E-state index contributed by atoms with van der Waals surface area (Å²) in [6, 6.07) is 9.70. The van der Waals surface area contributed by atoms with Crippen molar-refractivity contribution in [2.75, 3.05) is 13.7 Å². The van der Waals surface area contributed by atoms with Crippen LogP contribution in [-0.4, -0.2) is 36.2 Å². The van der Waals surface area contributed by atoms with Crippen molar-refractivity contribution >= 4 is 23.2 Å². The second-order valence-corrected chi connectivity index (χ2v) is 9.51. The fourth-order valence-corrected chi connectivity index (χ4v) is 4.31. The summed E-state index contributed by atoms with van der Waals surface area (Å²) in [7, 11) is 1.46. The second-order valence-electron chi connectivity index (χ2n) is 8.51. The largest absolute Gasteiger partial charge is 0.493 e. The van der Waals surface area contributed by atoms with Crippen molar-refractivity contribution in [1.29, 1.82) is 0 Å². The first-order valence-corrected chi connectivity index (χ1v) is 12.1. The molecule has 7 nitrogen and oxygen atoms in total. The first-order chi connectivity index (χ1) is 17.4. The van der Waals surface area contributed by atoms with Crippen molar-refractivity contribution in [3.05, 3.63) is 64.2 Å². The minimum Gasteiger partial charge on any atom is -0.493 e. The highest BCUT2D eigenvalue weighted by atomic mass is 32.1. The second kappa shape index (κ2) is 11.2. The lowest BCUT2D eigenvalue weighted by atomic mass is 10.1. The smallest absolute Gasteiger partial charge is 0.416 e. The number of benzene rings is 2. The van der Waals surface area contributed by atoms with Gasteiger partial charge in [0, 0.05) is 12.1 Å². The highest BCUT2D eigenvalue weighted by molar-refractivity contribution is 7.17. The number of carbonyl (C=O) groups excluding carboxylic acids is 2. The Bertz CT molecular complexity index is 1270. The van der Waals surface area contributed by atoms with Crippen LogP contribution in [0.4, 0.5) is 13.2 Å². The topological polar surface area (TPSA) is 86.8 Å². The average molecular weight is 537 g/mol. The molecule has 0 saturated carbocycles. The number of amides is 1. The molecule has 1 heterocycles. The van der Waals surface area contributed by atoms with Gasteiger partial charge in [-0.1, -0.05) is 18.2 Å².